The third kappa shape index (κ3) is 4.64. The first-order valence-corrected chi connectivity index (χ1v) is 10.3. The summed E-state index contributed by atoms with van der Waals surface area (Å²) in [7, 11) is 0. The minimum Gasteiger partial charge on any atom is -0.350 e. The lowest BCUT2D eigenvalue weighted by molar-refractivity contribution is 0.0256. The second kappa shape index (κ2) is 8.55. The number of nitrogens with zero attached hydrogens (tertiary/aromatic N) is 5. The lowest BCUT2D eigenvalue weighted by Gasteiger charge is -2.37. The van der Waals surface area contributed by atoms with Crippen LogP contribution in [0, 0.1) is 11.3 Å². The Balaban J connectivity index is 1.75. The molecule has 7 nitrogen and oxygen atoms in total. The van der Waals surface area contributed by atoms with Crippen molar-refractivity contribution in [3.05, 3.63) is 41.6 Å². The Morgan fingerprint density at radius 3 is 2.71 bits per heavy atom. The Labute approximate surface area is 180 Å². The lowest BCUT2D eigenvalue weighted by Crippen LogP contribution is -2.42. The maximum Gasteiger partial charge on any atom is 0.266 e. The molecule has 31 heavy (non-hydrogen) atoms. The highest BCUT2D eigenvalue weighted by Crippen LogP contribution is 2.38. The van der Waals surface area contributed by atoms with E-state index in [1.807, 2.05) is 12.1 Å². The second-order valence-electron chi connectivity index (χ2n) is 8.21. The molecule has 2 aliphatic heterocycles. The number of alkyl halides is 2. The molecular weight excluding hydrogens is 400 g/mol. The maximum absolute atomic E-state index is 13.9. The van der Waals surface area contributed by atoms with Crippen LogP contribution < -0.4 is 15.5 Å². The zero-order valence-corrected chi connectivity index (χ0v) is 17.2. The van der Waals surface area contributed by atoms with Crippen molar-refractivity contribution in [1.82, 2.24) is 15.3 Å². The van der Waals surface area contributed by atoms with Gasteiger partial charge in [-0.25, -0.2) is 18.7 Å². The van der Waals surface area contributed by atoms with Gasteiger partial charge >= 0.3 is 0 Å². The number of aromatic nitrogens is 2. The number of pyridine rings is 2. The number of nitrogens with one attached hydrogen (secondary N) is 2. The fraction of sp³-hybridized carbons (Fsp3) is 0.455. The highest BCUT2D eigenvalue weighted by Gasteiger charge is 2.40. The van der Waals surface area contributed by atoms with E-state index in [4.69, 9.17) is 5.26 Å². The standard InChI is InChI=1S/C22H25F2N7/c1-26-14-21(3-7-27-8-4-21)17-11-19(29-18-10-16(13-25)2-6-28-18)30-20(12-17)31-9-5-22(23,24)15-31/h2,6,10-12,27H,1,3-5,7-9,14-15H2,(H,28,29,30). The highest BCUT2D eigenvalue weighted by atomic mass is 19.3. The number of hydrogen-bond acceptors (Lipinski definition) is 7. The normalized spacial score (nSPS) is 19.6. The molecule has 0 atom stereocenters. The van der Waals surface area contributed by atoms with Gasteiger partial charge in [0.25, 0.3) is 5.92 Å². The van der Waals surface area contributed by atoms with E-state index in [-0.39, 0.29) is 24.9 Å². The van der Waals surface area contributed by atoms with Crippen molar-refractivity contribution in [3.63, 3.8) is 0 Å². The van der Waals surface area contributed by atoms with Crippen molar-refractivity contribution in [2.75, 3.05) is 42.9 Å². The zero-order chi connectivity index (χ0) is 21.9. The summed E-state index contributed by atoms with van der Waals surface area (Å²) in [4.78, 5) is 14.7. The van der Waals surface area contributed by atoms with E-state index < -0.39 is 5.92 Å². The molecule has 2 saturated heterocycles. The molecule has 0 amide bonds. The van der Waals surface area contributed by atoms with Crippen LogP contribution in [-0.4, -0.2) is 55.3 Å². The summed E-state index contributed by atoms with van der Waals surface area (Å²) in [5.74, 6) is -1.23. The molecule has 2 fully saturated rings. The smallest absolute Gasteiger partial charge is 0.266 e. The molecule has 2 aliphatic rings. The van der Waals surface area contributed by atoms with Crippen molar-refractivity contribution in [1.29, 1.82) is 5.26 Å². The number of aliphatic imine (C=N–C) groups is 1. The molecule has 0 spiro atoms. The Morgan fingerprint density at radius 1 is 1.23 bits per heavy atom. The topological polar surface area (TPSA) is 89.2 Å². The minimum atomic E-state index is -2.72. The molecule has 4 rings (SSSR count). The molecule has 9 heteroatoms. The Bertz CT molecular complexity index is 996. The predicted octanol–water partition coefficient (Wildman–Crippen LogP) is 3.26. The molecular formula is C22H25F2N7. The number of nitriles is 1. The van der Waals surface area contributed by atoms with Gasteiger partial charge in [-0.05, 0) is 62.5 Å². The third-order valence-electron chi connectivity index (χ3n) is 6.04. The number of halogens is 2. The van der Waals surface area contributed by atoms with E-state index in [1.165, 1.54) is 0 Å². The van der Waals surface area contributed by atoms with E-state index in [2.05, 4.69) is 38.4 Å². The van der Waals surface area contributed by atoms with Crippen LogP contribution in [0.2, 0.25) is 0 Å². The zero-order valence-electron chi connectivity index (χ0n) is 17.2. The summed E-state index contributed by atoms with van der Waals surface area (Å²) < 4.78 is 27.8. The molecule has 0 aromatic carbocycles. The van der Waals surface area contributed by atoms with Gasteiger partial charge in [0.2, 0.25) is 0 Å². The van der Waals surface area contributed by atoms with Crippen LogP contribution in [0.4, 0.5) is 26.2 Å². The summed E-state index contributed by atoms with van der Waals surface area (Å²) in [5.41, 5.74) is 1.24. The van der Waals surface area contributed by atoms with E-state index in [0.29, 0.717) is 29.6 Å². The molecule has 2 aromatic heterocycles. The van der Waals surface area contributed by atoms with E-state index in [1.54, 1.807) is 23.2 Å². The number of hydrogen-bond donors (Lipinski definition) is 2. The van der Waals surface area contributed by atoms with Gasteiger partial charge in [0.1, 0.15) is 17.5 Å². The summed E-state index contributed by atoms with van der Waals surface area (Å²) in [6.07, 6.45) is 3.10. The average Bonchev–Trinajstić information content (AvgIpc) is 3.14. The fourth-order valence-corrected chi connectivity index (χ4v) is 4.34. The highest BCUT2D eigenvalue weighted by molar-refractivity contribution is 5.60. The van der Waals surface area contributed by atoms with Crippen molar-refractivity contribution in [3.8, 4) is 6.07 Å². The molecule has 0 radical (unpaired) electrons. The Kier molecular flexibility index (Phi) is 5.83. The van der Waals surface area contributed by atoms with Crippen LogP contribution in [0.1, 0.15) is 30.4 Å². The van der Waals surface area contributed by atoms with E-state index in [0.717, 1.165) is 31.5 Å². The minimum absolute atomic E-state index is 0.184. The van der Waals surface area contributed by atoms with Crippen LogP contribution in [0.5, 0.6) is 0 Å². The van der Waals surface area contributed by atoms with Crippen LogP contribution in [0.25, 0.3) is 0 Å². The molecule has 0 unspecified atom stereocenters. The third-order valence-corrected chi connectivity index (χ3v) is 6.04. The van der Waals surface area contributed by atoms with Crippen LogP contribution in [0.15, 0.2) is 35.5 Å². The van der Waals surface area contributed by atoms with E-state index >= 15 is 0 Å². The quantitative estimate of drug-likeness (QED) is 0.691. The van der Waals surface area contributed by atoms with Crippen LogP contribution >= 0.6 is 0 Å². The number of piperidine rings is 1. The molecule has 0 saturated carbocycles. The van der Waals surface area contributed by atoms with Crippen molar-refractivity contribution in [2.24, 2.45) is 4.99 Å². The van der Waals surface area contributed by atoms with Gasteiger partial charge in [-0.15, -0.1) is 0 Å². The molecule has 0 aliphatic carbocycles. The largest absolute Gasteiger partial charge is 0.350 e. The first-order chi connectivity index (χ1) is 14.9. The molecule has 4 heterocycles. The summed E-state index contributed by atoms with van der Waals surface area (Å²) in [5, 5.41) is 15.7. The second-order valence-corrected chi connectivity index (χ2v) is 8.21. The average molecular weight is 425 g/mol. The van der Waals surface area contributed by atoms with Crippen LogP contribution in [-0.2, 0) is 5.41 Å². The summed E-state index contributed by atoms with van der Waals surface area (Å²) in [6.45, 7) is 5.86. The SMILES string of the molecule is C=NCC1(c2cc(Nc3cc(C#N)ccn3)nc(N3CCC(F)(F)C3)c2)CCNCC1. The van der Waals surface area contributed by atoms with Gasteiger partial charge in [-0.2, -0.15) is 5.26 Å². The lowest BCUT2D eigenvalue weighted by atomic mass is 9.73. The van der Waals surface area contributed by atoms with Gasteiger partial charge in [-0.1, -0.05) is 0 Å². The number of rotatable bonds is 6. The van der Waals surface area contributed by atoms with E-state index in [9.17, 15) is 8.78 Å². The maximum atomic E-state index is 13.9. The Morgan fingerprint density at radius 2 is 2.03 bits per heavy atom. The fourth-order valence-electron chi connectivity index (χ4n) is 4.34. The van der Waals surface area contributed by atoms with Gasteiger partial charge in [0.15, 0.2) is 0 Å². The molecule has 2 aromatic rings. The monoisotopic (exact) mass is 425 g/mol. The summed E-state index contributed by atoms with van der Waals surface area (Å²) >= 11 is 0. The van der Waals surface area contributed by atoms with Gasteiger partial charge in [-0.3, -0.25) is 0 Å². The van der Waals surface area contributed by atoms with Crippen LogP contribution in [0.3, 0.4) is 0 Å². The van der Waals surface area contributed by atoms with Gasteiger partial charge < -0.3 is 20.5 Å². The predicted molar refractivity (Wildman–Crippen MR) is 116 cm³/mol. The number of anilines is 3. The Hall–Kier alpha value is -3.12. The molecule has 162 valence electrons. The van der Waals surface area contributed by atoms with Crippen molar-refractivity contribution < 1.29 is 8.78 Å². The summed E-state index contributed by atoms with van der Waals surface area (Å²) in [6, 6.07) is 9.19. The van der Waals surface area contributed by atoms with Gasteiger partial charge in [0, 0.05) is 31.1 Å². The molecule has 0 bridgehead atoms. The first-order valence-electron chi connectivity index (χ1n) is 10.3. The first kappa shape index (κ1) is 21.1. The van der Waals surface area contributed by atoms with Gasteiger partial charge in [0.05, 0.1) is 18.2 Å². The van der Waals surface area contributed by atoms with Crippen molar-refractivity contribution >= 4 is 24.2 Å². The molecule has 2 N–H and O–H groups in total. The van der Waals surface area contributed by atoms with Crippen molar-refractivity contribution in [2.45, 2.75) is 30.6 Å².